The summed E-state index contributed by atoms with van der Waals surface area (Å²) in [5, 5.41) is 2.80. The van der Waals surface area contributed by atoms with Crippen LogP contribution in [0, 0.1) is 5.92 Å². The van der Waals surface area contributed by atoms with Gasteiger partial charge >= 0.3 is 0 Å². The second kappa shape index (κ2) is 7.49. The molecule has 1 aliphatic carbocycles. The Bertz CT molecular complexity index is 511. The molecule has 1 unspecified atom stereocenters. The van der Waals surface area contributed by atoms with Crippen LogP contribution in [0.25, 0.3) is 0 Å². The molecule has 1 atom stereocenters. The minimum Gasteiger partial charge on any atom is -0.341 e. The number of nitrogens with zero attached hydrogens (tertiary/aromatic N) is 1. The van der Waals surface area contributed by atoms with E-state index < -0.39 is 15.3 Å². The average molecular weight is 343 g/mol. The lowest BCUT2D eigenvalue weighted by Crippen LogP contribution is -2.52. The van der Waals surface area contributed by atoms with E-state index in [1.54, 1.807) is 0 Å². The first-order chi connectivity index (χ1) is 11.1. The first kappa shape index (κ1) is 17.2. The highest BCUT2D eigenvalue weighted by Gasteiger charge is 2.36. The lowest BCUT2D eigenvalue weighted by molar-refractivity contribution is -0.136. The van der Waals surface area contributed by atoms with Gasteiger partial charge < -0.3 is 10.2 Å². The van der Waals surface area contributed by atoms with Crippen LogP contribution in [0.2, 0.25) is 0 Å². The lowest BCUT2D eigenvalue weighted by atomic mass is 10.0. The largest absolute Gasteiger partial charge is 0.341 e. The topological polar surface area (TPSA) is 78.5 Å². The Hall–Kier alpha value is -0.660. The molecular weight excluding hydrogens is 314 g/mol. The molecule has 1 saturated carbocycles. The van der Waals surface area contributed by atoms with Crippen LogP contribution in [-0.4, -0.2) is 56.7 Å². The van der Waals surface area contributed by atoms with Crippen molar-refractivity contribution < 1.29 is 13.2 Å². The molecule has 0 bridgehead atoms. The summed E-state index contributed by atoms with van der Waals surface area (Å²) in [5.41, 5.74) is 0. The Morgan fingerprint density at radius 1 is 1.00 bits per heavy atom. The normalized spacial score (nSPS) is 28.2. The number of hydrogen-bond acceptors (Lipinski definition) is 4. The van der Waals surface area contributed by atoms with E-state index in [1.807, 2.05) is 4.90 Å². The third kappa shape index (κ3) is 4.25. The van der Waals surface area contributed by atoms with E-state index in [0.717, 1.165) is 58.0 Å². The highest BCUT2D eigenvalue weighted by Crippen LogP contribution is 2.28. The number of carbonyl (C=O) groups is 1. The van der Waals surface area contributed by atoms with E-state index in [0.29, 0.717) is 19.5 Å². The summed E-state index contributed by atoms with van der Waals surface area (Å²) < 4.78 is 28.2. The molecule has 0 spiro atoms. The molecule has 132 valence electrons. The fourth-order valence-corrected chi connectivity index (χ4v) is 5.84. The highest BCUT2D eigenvalue weighted by molar-refractivity contribution is 7.90. The molecule has 3 aliphatic rings. The van der Waals surface area contributed by atoms with Crippen molar-refractivity contribution in [3.05, 3.63) is 0 Å². The molecule has 2 N–H and O–H groups in total. The molecule has 7 heteroatoms. The van der Waals surface area contributed by atoms with Crippen molar-refractivity contribution in [3.8, 4) is 0 Å². The predicted octanol–water partition coefficient (Wildman–Crippen LogP) is 0.839. The van der Waals surface area contributed by atoms with Crippen LogP contribution in [-0.2, 0) is 14.8 Å². The minimum absolute atomic E-state index is 0.0437. The molecule has 23 heavy (non-hydrogen) atoms. The Kier molecular flexibility index (Phi) is 5.59. The van der Waals surface area contributed by atoms with Crippen LogP contribution in [0.1, 0.15) is 51.4 Å². The average Bonchev–Trinajstić information content (AvgIpc) is 3.09. The summed E-state index contributed by atoms with van der Waals surface area (Å²) in [7, 11) is -3.34. The Labute approximate surface area is 139 Å². The zero-order chi connectivity index (χ0) is 16.3. The molecule has 0 aromatic carbocycles. The van der Waals surface area contributed by atoms with Gasteiger partial charge in [0.05, 0.1) is 5.25 Å². The van der Waals surface area contributed by atoms with Crippen LogP contribution >= 0.6 is 0 Å². The lowest BCUT2D eigenvalue weighted by Gasteiger charge is -2.35. The van der Waals surface area contributed by atoms with Crippen molar-refractivity contribution in [2.45, 2.75) is 62.7 Å². The summed E-state index contributed by atoms with van der Waals surface area (Å²) in [6.07, 6.45) is 7.34. The maximum absolute atomic E-state index is 12.7. The van der Waals surface area contributed by atoms with Crippen molar-refractivity contribution in [1.29, 1.82) is 0 Å². The molecule has 0 aromatic rings. The van der Waals surface area contributed by atoms with E-state index in [1.165, 1.54) is 0 Å². The molecular formula is C16H29N3O3S. The second-order valence-corrected chi connectivity index (χ2v) is 9.21. The van der Waals surface area contributed by atoms with E-state index in [-0.39, 0.29) is 17.9 Å². The quantitative estimate of drug-likeness (QED) is 0.793. The van der Waals surface area contributed by atoms with Gasteiger partial charge in [-0.3, -0.25) is 4.79 Å². The van der Waals surface area contributed by atoms with Gasteiger partial charge in [0.1, 0.15) is 0 Å². The van der Waals surface area contributed by atoms with E-state index in [2.05, 4.69) is 10.0 Å². The number of rotatable bonds is 4. The number of hydrogen-bond donors (Lipinski definition) is 2. The molecule has 2 aliphatic heterocycles. The number of nitrogens with one attached hydrogen (secondary N) is 2. The van der Waals surface area contributed by atoms with E-state index in [9.17, 15) is 13.2 Å². The van der Waals surface area contributed by atoms with Crippen LogP contribution in [0.4, 0.5) is 0 Å². The van der Waals surface area contributed by atoms with Crippen LogP contribution in [0.5, 0.6) is 0 Å². The number of sulfonamides is 1. The zero-order valence-electron chi connectivity index (χ0n) is 13.8. The molecule has 2 saturated heterocycles. The molecule has 3 fully saturated rings. The Morgan fingerprint density at radius 2 is 1.70 bits per heavy atom. The highest BCUT2D eigenvalue weighted by atomic mass is 32.2. The van der Waals surface area contributed by atoms with Gasteiger partial charge in [0, 0.05) is 25.0 Å². The van der Waals surface area contributed by atoms with Crippen molar-refractivity contribution in [2.24, 2.45) is 5.92 Å². The number of piperidine rings is 2. The fourth-order valence-electron chi connectivity index (χ4n) is 4.09. The van der Waals surface area contributed by atoms with Crippen molar-refractivity contribution in [2.75, 3.05) is 26.2 Å². The fraction of sp³-hybridized carbons (Fsp3) is 0.938. The third-order valence-electron chi connectivity index (χ3n) is 5.50. The van der Waals surface area contributed by atoms with Crippen molar-refractivity contribution in [3.63, 3.8) is 0 Å². The monoisotopic (exact) mass is 343 g/mol. The minimum atomic E-state index is -3.34. The molecule has 0 aromatic heterocycles. The molecule has 1 amide bonds. The van der Waals surface area contributed by atoms with Crippen LogP contribution in [0.15, 0.2) is 0 Å². The first-order valence-corrected chi connectivity index (χ1v) is 10.6. The van der Waals surface area contributed by atoms with E-state index in [4.69, 9.17) is 0 Å². The maximum Gasteiger partial charge on any atom is 0.225 e. The van der Waals surface area contributed by atoms with Gasteiger partial charge in [-0.2, -0.15) is 0 Å². The SMILES string of the molecule is O=C(C1CCCC1)N1CCCC(S(=O)(=O)NC2CCNCC2)C1. The van der Waals surface area contributed by atoms with Gasteiger partial charge in [0.25, 0.3) is 0 Å². The standard InChI is InChI=1S/C16H29N3O3S/c20-16(13-4-1-2-5-13)19-11-3-6-15(12-19)23(21,22)18-14-7-9-17-10-8-14/h13-15,17-18H,1-12H2. The summed E-state index contributed by atoms with van der Waals surface area (Å²) in [4.78, 5) is 14.4. The summed E-state index contributed by atoms with van der Waals surface area (Å²) in [6, 6.07) is 0.0437. The number of carbonyl (C=O) groups excluding carboxylic acids is 1. The van der Waals surface area contributed by atoms with E-state index >= 15 is 0 Å². The van der Waals surface area contributed by atoms with Gasteiger partial charge in [0.2, 0.25) is 15.9 Å². The second-order valence-electron chi connectivity index (χ2n) is 7.22. The van der Waals surface area contributed by atoms with Crippen LogP contribution in [0.3, 0.4) is 0 Å². The molecule has 3 rings (SSSR count). The van der Waals surface area contributed by atoms with Crippen molar-refractivity contribution >= 4 is 15.9 Å². The summed E-state index contributed by atoms with van der Waals surface area (Å²) >= 11 is 0. The Morgan fingerprint density at radius 3 is 2.39 bits per heavy atom. The number of amides is 1. The summed E-state index contributed by atoms with van der Waals surface area (Å²) in [6.45, 7) is 2.82. The van der Waals surface area contributed by atoms with Gasteiger partial charge in [-0.15, -0.1) is 0 Å². The molecule has 6 nitrogen and oxygen atoms in total. The number of likely N-dealkylation sites (tertiary alicyclic amines) is 1. The smallest absolute Gasteiger partial charge is 0.225 e. The molecule has 2 heterocycles. The van der Waals surface area contributed by atoms with Gasteiger partial charge in [-0.25, -0.2) is 13.1 Å². The third-order valence-corrected chi connectivity index (χ3v) is 7.43. The first-order valence-electron chi connectivity index (χ1n) is 9.07. The maximum atomic E-state index is 12.7. The zero-order valence-corrected chi connectivity index (χ0v) is 14.6. The molecule has 0 radical (unpaired) electrons. The Balaban J connectivity index is 1.59. The van der Waals surface area contributed by atoms with Crippen molar-refractivity contribution in [1.82, 2.24) is 14.9 Å². The predicted molar refractivity (Wildman–Crippen MR) is 89.5 cm³/mol. The van der Waals surface area contributed by atoms with Gasteiger partial charge in [-0.05, 0) is 51.6 Å². The van der Waals surface area contributed by atoms with Gasteiger partial charge in [-0.1, -0.05) is 12.8 Å². The van der Waals surface area contributed by atoms with Gasteiger partial charge in [0.15, 0.2) is 0 Å². The van der Waals surface area contributed by atoms with Crippen LogP contribution < -0.4 is 10.0 Å². The summed E-state index contributed by atoms with van der Waals surface area (Å²) in [5.74, 6) is 0.318.